The first-order chi connectivity index (χ1) is 9.69. The van der Waals surface area contributed by atoms with Crippen LogP contribution in [0.25, 0.3) is 0 Å². The standard InChI is InChI=1S/C18H29NO/c1-14-5-4-6-16(11-14)9-10-19-13-17-7-8-18(20-3)15(2)12-17/h7-8,12,14,16,19H,4-6,9-11,13H2,1-3H3. The summed E-state index contributed by atoms with van der Waals surface area (Å²) in [5, 5.41) is 3.59. The summed E-state index contributed by atoms with van der Waals surface area (Å²) in [4.78, 5) is 0. The molecule has 2 nitrogen and oxygen atoms in total. The van der Waals surface area contributed by atoms with Crippen molar-refractivity contribution in [1.82, 2.24) is 5.32 Å². The molecule has 0 amide bonds. The maximum Gasteiger partial charge on any atom is 0.121 e. The number of rotatable bonds is 6. The Morgan fingerprint density at radius 2 is 2.15 bits per heavy atom. The zero-order valence-electron chi connectivity index (χ0n) is 13.2. The lowest BCUT2D eigenvalue weighted by molar-refractivity contribution is 0.267. The summed E-state index contributed by atoms with van der Waals surface area (Å²) in [5.41, 5.74) is 2.56. The Bertz CT molecular complexity index is 416. The molecule has 20 heavy (non-hydrogen) atoms. The van der Waals surface area contributed by atoms with Crippen LogP contribution in [0.15, 0.2) is 18.2 Å². The molecule has 1 aromatic carbocycles. The summed E-state index contributed by atoms with van der Waals surface area (Å²) in [6.07, 6.45) is 7.08. The van der Waals surface area contributed by atoms with Crippen LogP contribution in [0.2, 0.25) is 0 Å². The molecule has 0 bridgehead atoms. The molecule has 1 fully saturated rings. The van der Waals surface area contributed by atoms with Crippen molar-refractivity contribution in [2.45, 2.75) is 52.5 Å². The van der Waals surface area contributed by atoms with Gasteiger partial charge in [-0.25, -0.2) is 0 Å². The molecule has 1 aliphatic rings. The van der Waals surface area contributed by atoms with E-state index in [0.29, 0.717) is 0 Å². The highest BCUT2D eigenvalue weighted by Gasteiger charge is 2.17. The van der Waals surface area contributed by atoms with Crippen molar-refractivity contribution in [1.29, 1.82) is 0 Å². The Kier molecular flexibility index (Phi) is 5.90. The van der Waals surface area contributed by atoms with E-state index in [4.69, 9.17) is 4.74 Å². The maximum atomic E-state index is 5.29. The van der Waals surface area contributed by atoms with Crippen LogP contribution in [0.5, 0.6) is 5.75 Å². The molecule has 2 rings (SSSR count). The normalized spacial score (nSPS) is 22.8. The van der Waals surface area contributed by atoms with E-state index in [1.54, 1.807) is 7.11 Å². The van der Waals surface area contributed by atoms with Crippen molar-refractivity contribution in [2.75, 3.05) is 13.7 Å². The monoisotopic (exact) mass is 275 g/mol. The van der Waals surface area contributed by atoms with Crippen LogP contribution < -0.4 is 10.1 Å². The first-order valence-corrected chi connectivity index (χ1v) is 8.03. The van der Waals surface area contributed by atoms with Gasteiger partial charge in [-0.2, -0.15) is 0 Å². The third-order valence-corrected chi connectivity index (χ3v) is 4.56. The Labute approximate surface area is 123 Å². The SMILES string of the molecule is COc1ccc(CNCCC2CCCC(C)C2)cc1C. The van der Waals surface area contributed by atoms with Crippen LogP contribution in [0.3, 0.4) is 0 Å². The van der Waals surface area contributed by atoms with E-state index in [1.165, 1.54) is 43.2 Å². The van der Waals surface area contributed by atoms with E-state index in [1.807, 2.05) is 0 Å². The molecule has 112 valence electrons. The molecule has 2 heteroatoms. The van der Waals surface area contributed by atoms with Gasteiger partial charge in [0.15, 0.2) is 0 Å². The van der Waals surface area contributed by atoms with Crippen molar-refractivity contribution in [2.24, 2.45) is 11.8 Å². The molecule has 1 N–H and O–H groups in total. The van der Waals surface area contributed by atoms with Crippen molar-refractivity contribution in [3.8, 4) is 5.75 Å². The Morgan fingerprint density at radius 3 is 2.85 bits per heavy atom. The molecule has 0 aliphatic heterocycles. The second-order valence-electron chi connectivity index (χ2n) is 6.41. The zero-order valence-corrected chi connectivity index (χ0v) is 13.2. The molecular weight excluding hydrogens is 246 g/mol. The molecule has 2 atom stereocenters. The molecule has 0 heterocycles. The molecule has 1 aliphatic carbocycles. The number of methoxy groups -OCH3 is 1. The average molecular weight is 275 g/mol. The number of ether oxygens (including phenoxy) is 1. The summed E-state index contributed by atoms with van der Waals surface area (Å²) in [6, 6.07) is 6.44. The molecule has 0 spiro atoms. The highest BCUT2D eigenvalue weighted by molar-refractivity contribution is 5.36. The van der Waals surface area contributed by atoms with Gasteiger partial charge in [0.25, 0.3) is 0 Å². The highest BCUT2D eigenvalue weighted by Crippen LogP contribution is 2.30. The van der Waals surface area contributed by atoms with Gasteiger partial charge in [0, 0.05) is 6.54 Å². The third kappa shape index (κ3) is 4.52. The second-order valence-corrected chi connectivity index (χ2v) is 6.41. The lowest BCUT2D eigenvalue weighted by atomic mass is 9.81. The molecule has 0 aromatic heterocycles. The van der Waals surface area contributed by atoms with Crippen molar-refractivity contribution >= 4 is 0 Å². The van der Waals surface area contributed by atoms with Gasteiger partial charge in [0.05, 0.1) is 7.11 Å². The predicted molar refractivity (Wildman–Crippen MR) is 85.2 cm³/mol. The highest BCUT2D eigenvalue weighted by atomic mass is 16.5. The summed E-state index contributed by atoms with van der Waals surface area (Å²) in [7, 11) is 1.73. The molecule has 1 aromatic rings. The van der Waals surface area contributed by atoms with Gasteiger partial charge >= 0.3 is 0 Å². The van der Waals surface area contributed by atoms with Gasteiger partial charge in [-0.05, 0) is 55.3 Å². The third-order valence-electron chi connectivity index (χ3n) is 4.56. The minimum Gasteiger partial charge on any atom is -0.496 e. The Morgan fingerprint density at radius 1 is 1.30 bits per heavy atom. The summed E-state index contributed by atoms with van der Waals surface area (Å²) in [5.74, 6) is 2.87. The molecule has 0 saturated heterocycles. The Hall–Kier alpha value is -1.02. The number of hydrogen-bond acceptors (Lipinski definition) is 2. The molecule has 2 unspecified atom stereocenters. The minimum atomic E-state index is 0.943. The van der Waals surface area contributed by atoms with E-state index >= 15 is 0 Å². The minimum absolute atomic E-state index is 0.943. The fourth-order valence-corrected chi connectivity index (χ4v) is 3.41. The predicted octanol–water partition coefficient (Wildman–Crippen LogP) is 4.31. The topological polar surface area (TPSA) is 21.3 Å². The molecule has 1 saturated carbocycles. The summed E-state index contributed by atoms with van der Waals surface area (Å²) < 4.78 is 5.29. The van der Waals surface area contributed by atoms with Crippen LogP contribution in [0.4, 0.5) is 0 Å². The smallest absolute Gasteiger partial charge is 0.121 e. The van der Waals surface area contributed by atoms with Crippen LogP contribution >= 0.6 is 0 Å². The average Bonchev–Trinajstić information content (AvgIpc) is 2.44. The van der Waals surface area contributed by atoms with Crippen LogP contribution in [0.1, 0.15) is 50.2 Å². The van der Waals surface area contributed by atoms with Crippen LogP contribution in [0, 0.1) is 18.8 Å². The first kappa shape index (κ1) is 15.4. The zero-order chi connectivity index (χ0) is 14.4. The van der Waals surface area contributed by atoms with Gasteiger partial charge in [0.2, 0.25) is 0 Å². The maximum absolute atomic E-state index is 5.29. The van der Waals surface area contributed by atoms with Crippen molar-refractivity contribution < 1.29 is 4.74 Å². The largest absolute Gasteiger partial charge is 0.496 e. The fourth-order valence-electron chi connectivity index (χ4n) is 3.41. The second kappa shape index (κ2) is 7.68. The number of nitrogens with one attached hydrogen (secondary N) is 1. The van der Waals surface area contributed by atoms with Gasteiger partial charge in [0.1, 0.15) is 5.75 Å². The van der Waals surface area contributed by atoms with Crippen LogP contribution in [-0.4, -0.2) is 13.7 Å². The van der Waals surface area contributed by atoms with E-state index in [-0.39, 0.29) is 0 Å². The van der Waals surface area contributed by atoms with Gasteiger partial charge < -0.3 is 10.1 Å². The van der Waals surface area contributed by atoms with Crippen molar-refractivity contribution in [3.05, 3.63) is 29.3 Å². The number of benzene rings is 1. The van der Waals surface area contributed by atoms with E-state index in [2.05, 4.69) is 37.4 Å². The first-order valence-electron chi connectivity index (χ1n) is 8.03. The fraction of sp³-hybridized carbons (Fsp3) is 0.667. The van der Waals surface area contributed by atoms with Gasteiger partial charge in [-0.1, -0.05) is 38.3 Å². The Balaban J connectivity index is 1.69. The lowest BCUT2D eigenvalue weighted by Gasteiger charge is -2.26. The van der Waals surface area contributed by atoms with Crippen molar-refractivity contribution in [3.63, 3.8) is 0 Å². The van der Waals surface area contributed by atoms with E-state index in [0.717, 1.165) is 30.7 Å². The number of hydrogen-bond donors (Lipinski definition) is 1. The van der Waals surface area contributed by atoms with Gasteiger partial charge in [-0.15, -0.1) is 0 Å². The summed E-state index contributed by atoms with van der Waals surface area (Å²) in [6.45, 7) is 6.61. The molecular formula is C18H29NO. The summed E-state index contributed by atoms with van der Waals surface area (Å²) >= 11 is 0. The molecule has 0 radical (unpaired) electrons. The van der Waals surface area contributed by atoms with Crippen LogP contribution in [-0.2, 0) is 6.54 Å². The van der Waals surface area contributed by atoms with Gasteiger partial charge in [-0.3, -0.25) is 0 Å². The quantitative estimate of drug-likeness (QED) is 0.781. The van der Waals surface area contributed by atoms with E-state index in [9.17, 15) is 0 Å². The lowest BCUT2D eigenvalue weighted by Crippen LogP contribution is -2.21. The van der Waals surface area contributed by atoms with E-state index < -0.39 is 0 Å². The number of aryl methyl sites for hydroxylation is 1.